The summed E-state index contributed by atoms with van der Waals surface area (Å²) in [6.07, 6.45) is 4.16. The highest BCUT2D eigenvalue weighted by Gasteiger charge is 2.19. The number of nitrogens with zero attached hydrogens (tertiary/aromatic N) is 3. The Labute approximate surface area is 200 Å². The van der Waals surface area contributed by atoms with Crippen molar-refractivity contribution in [3.8, 4) is 22.4 Å². The predicted octanol–water partition coefficient (Wildman–Crippen LogP) is 4.61. The highest BCUT2D eigenvalue weighted by Crippen LogP contribution is 2.30. The van der Waals surface area contributed by atoms with Gasteiger partial charge in [0.1, 0.15) is 0 Å². The Morgan fingerprint density at radius 3 is 2.41 bits per heavy atom. The van der Waals surface area contributed by atoms with Gasteiger partial charge in [0.25, 0.3) is 5.56 Å². The van der Waals surface area contributed by atoms with E-state index in [0.29, 0.717) is 29.7 Å². The molecule has 174 valence electrons. The molecule has 0 aliphatic heterocycles. The molecule has 4 rings (SSSR count). The van der Waals surface area contributed by atoms with E-state index in [2.05, 4.69) is 48.4 Å². The van der Waals surface area contributed by atoms with Gasteiger partial charge in [-0.05, 0) is 41.2 Å². The van der Waals surface area contributed by atoms with Crippen molar-refractivity contribution in [3.63, 3.8) is 0 Å². The maximum absolute atomic E-state index is 13.6. The summed E-state index contributed by atoms with van der Waals surface area (Å²) < 4.78 is 1.57. The third-order valence-corrected chi connectivity index (χ3v) is 5.95. The van der Waals surface area contributed by atoms with Crippen LogP contribution in [0.15, 0.2) is 83.9 Å². The van der Waals surface area contributed by atoms with E-state index >= 15 is 0 Å². The fourth-order valence-corrected chi connectivity index (χ4v) is 4.00. The van der Waals surface area contributed by atoms with Crippen molar-refractivity contribution < 1.29 is 0 Å². The van der Waals surface area contributed by atoms with Crippen molar-refractivity contribution in [2.45, 2.75) is 32.2 Å². The monoisotopic (exact) mass is 453 g/mol. The number of hydrogen-bond donors (Lipinski definition) is 2. The minimum absolute atomic E-state index is 0.109. The minimum atomic E-state index is -0.119. The number of rotatable bonds is 8. The number of nitrogens with two attached hydrogens (primary N) is 1. The van der Waals surface area contributed by atoms with Gasteiger partial charge in [-0.1, -0.05) is 68.4 Å². The number of pyridine rings is 1. The first-order valence-electron chi connectivity index (χ1n) is 11.6. The Hall–Kier alpha value is -3.77. The fourth-order valence-electron chi connectivity index (χ4n) is 4.00. The largest absolute Gasteiger partial charge is 0.354 e. The molecule has 0 aliphatic carbocycles. The maximum atomic E-state index is 13.6. The van der Waals surface area contributed by atoms with E-state index in [9.17, 15) is 4.79 Å². The Kier molecular flexibility index (Phi) is 7.18. The molecule has 2 aromatic heterocycles. The normalized spacial score (nSPS) is 12.0. The molecule has 0 fully saturated rings. The summed E-state index contributed by atoms with van der Waals surface area (Å²) in [5.41, 5.74) is 11.5. The number of aromatic nitrogens is 3. The summed E-state index contributed by atoms with van der Waals surface area (Å²) in [4.78, 5) is 22.7. The van der Waals surface area contributed by atoms with E-state index in [1.165, 1.54) is 11.1 Å². The Balaban J connectivity index is 1.72. The fraction of sp³-hybridized carbons (Fsp3) is 0.250. The summed E-state index contributed by atoms with van der Waals surface area (Å²) in [6.45, 7) is 4.78. The van der Waals surface area contributed by atoms with Crippen molar-refractivity contribution in [1.29, 1.82) is 0 Å². The molecule has 0 radical (unpaired) electrons. The predicted molar refractivity (Wildman–Crippen MR) is 139 cm³/mol. The second-order valence-corrected chi connectivity index (χ2v) is 8.87. The molecule has 1 atom stereocenters. The lowest BCUT2D eigenvalue weighted by atomic mass is 9.95. The Morgan fingerprint density at radius 1 is 0.971 bits per heavy atom. The van der Waals surface area contributed by atoms with Crippen LogP contribution in [0, 0.1) is 0 Å². The lowest BCUT2D eigenvalue weighted by Crippen LogP contribution is -2.34. The number of nitrogens with one attached hydrogen (secondary N) is 1. The van der Waals surface area contributed by atoms with E-state index < -0.39 is 0 Å². The van der Waals surface area contributed by atoms with Gasteiger partial charge in [0.05, 0.1) is 11.3 Å². The van der Waals surface area contributed by atoms with Crippen LogP contribution in [0.25, 0.3) is 22.4 Å². The van der Waals surface area contributed by atoms with Crippen LogP contribution in [0.4, 0.5) is 5.95 Å². The third kappa shape index (κ3) is 5.24. The topological polar surface area (TPSA) is 85.8 Å². The van der Waals surface area contributed by atoms with Gasteiger partial charge in [0.2, 0.25) is 5.95 Å². The van der Waals surface area contributed by atoms with E-state index in [0.717, 1.165) is 17.5 Å². The van der Waals surface area contributed by atoms with Gasteiger partial charge in [-0.2, -0.15) is 0 Å². The smallest absolute Gasteiger partial charge is 0.263 e. The molecule has 0 bridgehead atoms. The zero-order valence-corrected chi connectivity index (χ0v) is 19.9. The van der Waals surface area contributed by atoms with Crippen LogP contribution in [0.5, 0.6) is 0 Å². The molecule has 1 unspecified atom stereocenters. The lowest BCUT2D eigenvalue weighted by molar-refractivity contribution is 0.688. The van der Waals surface area contributed by atoms with Gasteiger partial charge in [-0.15, -0.1) is 0 Å². The molecule has 3 N–H and O–H groups in total. The average Bonchev–Trinajstić information content (AvgIpc) is 2.86. The molecule has 0 spiro atoms. The van der Waals surface area contributed by atoms with Crippen LogP contribution < -0.4 is 16.6 Å². The van der Waals surface area contributed by atoms with Crippen LogP contribution in [-0.2, 0) is 13.5 Å². The molecular formula is C28H31N5O. The second-order valence-electron chi connectivity index (χ2n) is 8.87. The summed E-state index contributed by atoms with van der Waals surface area (Å²) in [7, 11) is 1.74. The molecule has 2 aromatic carbocycles. The van der Waals surface area contributed by atoms with Crippen LogP contribution in [0.3, 0.4) is 0 Å². The van der Waals surface area contributed by atoms with Crippen molar-refractivity contribution >= 4 is 5.95 Å². The molecule has 0 amide bonds. The molecule has 2 heterocycles. The van der Waals surface area contributed by atoms with E-state index in [4.69, 9.17) is 10.7 Å². The number of hydrogen-bond acceptors (Lipinski definition) is 5. The van der Waals surface area contributed by atoms with E-state index in [-0.39, 0.29) is 11.6 Å². The lowest BCUT2D eigenvalue weighted by Gasteiger charge is -2.18. The van der Waals surface area contributed by atoms with Gasteiger partial charge >= 0.3 is 0 Å². The molecule has 0 saturated heterocycles. The SMILES string of the molecule is CC(C)c1cccc(-c2c(-c3ccncc3)nc(NCC(N)Cc3ccccc3)n(C)c2=O)c1. The third-order valence-electron chi connectivity index (χ3n) is 5.95. The summed E-state index contributed by atoms with van der Waals surface area (Å²) in [6, 6.07) is 21.9. The molecule has 4 aromatic rings. The van der Waals surface area contributed by atoms with Gasteiger partial charge < -0.3 is 11.1 Å². The van der Waals surface area contributed by atoms with Crippen LogP contribution >= 0.6 is 0 Å². The quantitative estimate of drug-likeness (QED) is 0.407. The highest BCUT2D eigenvalue weighted by molar-refractivity contribution is 5.81. The van der Waals surface area contributed by atoms with Gasteiger partial charge in [0, 0.05) is 37.6 Å². The van der Waals surface area contributed by atoms with Crippen LogP contribution in [-0.4, -0.2) is 27.1 Å². The zero-order valence-electron chi connectivity index (χ0n) is 19.9. The van der Waals surface area contributed by atoms with Gasteiger partial charge in [0.15, 0.2) is 0 Å². The summed E-state index contributed by atoms with van der Waals surface area (Å²) in [5.74, 6) is 0.845. The molecule has 0 aliphatic rings. The van der Waals surface area contributed by atoms with Gasteiger partial charge in [-0.3, -0.25) is 14.3 Å². The molecule has 6 heteroatoms. The minimum Gasteiger partial charge on any atom is -0.354 e. The maximum Gasteiger partial charge on any atom is 0.263 e. The van der Waals surface area contributed by atoms with Crippen molar-refractivity contribution in [2.75, 3.05) is 11.9 Å². The second kappa shape index (κ2) is 10.4. The standard InChI is InChI=1S/C28H31N5O/c1-19(2)22-10-7-11-23(17-22)25-26(21-12-14-30-15-13-21)32-28(33(3)27(25)34)31-18-24(29)16-20-8-5-4-6-9-20/h4-15,17,19,24H,16,18,29H2,1-3H3,(H,31,32). The van der Waals surface area contributed by atoms with Gasteiger partial charge in [-0.25, -0.2) is 4.98 Å². The van der Waals surface area contributed by atoms with Crippen molar-refractivity contribution in [1.82, 2.24) is 14.5 Å². The molecular weight excluding hydrogens is 422 g/mol. The first-order chi connectivity index (χ1) is 16.4. The number of anilines is 1. The summed E-state index contributed by atoms with van der Waals surface area (Å²) in [5, 5.41) is 3.30. The Morgan fingerprint density at radius 2 is 1.71 bits per heavy atom. The first kappa shape index (κ1) is 23.4. The van der Waals surface area contributed by atoms with E-state index in [1.807, 2.05) is 42.5 Å². The zero-order chi connectivity index (χ0) is 24.1. The summed E-state index contributed by atoms with van der Waals surface area (Å²) >= 11 is 0. The van der Waals surface area contributed by atoms with Crippen molar-refractivity contribution in [3.05, 3.63) is 101 Å². The van der Waals surface area contributed by atoms with Crippen molar-refractivity contribution in [2.24, 2.45) is 12.8 Å². The molecule has 34 heavy (non-hydrogen) atoms. The molecule has 0 saturated carbocycles. The average molecular weight is 454 g/mol. The Bertz CT molecular complexity index is 1300. The van der Waals surface area contributed by atoms with Crippen LogP contribution in [0.1, 0.15) is 30.9 Å². The highest BCUT2D eigenvalue weighted by atomic mass is 16.1. The van der Waals surface area contributed by atoms with E-state index in [1.54, 1.807) is 24.0 Å². The molecule has 6 nitrogen and oxygen atoms in total. The van der Waals surface area contributed by atoms with Crippen LogP contribution in [0.2, 0.25) is 0 Å². The number of benzene rings is 2. The first-order valence-corrected chi connectivity index (χ1v) is 11.6.